The highest BCUT2D eigenvalue weighted by Gasteiger charge is 2.08. The molecule has 0 aromatic heterocycles. The molecule has 2 N–H and O–H groups in total. The summed E-state index contributed by atoms with van der Waals surface area (Å²) in [5, 5.41) is 26.5. The highest BCUT2D eigenvalue weighted by atomic mass is 16.5. The van der Waals surface area contributed by atoms with Gasteiger partial charge in [0.1, 0.15) is 11.6 Å². The molecule has 0 bridgehead atoms. The second-order valence-electron chi connectivity index (χ2n) is 4.01. The number of rotatable bonds is 10. The summed E-state index contributed by atoms with van der Waals surface area (Å²) in [6.45, 7) is 2.94. The first-order valence-electron chi connectivity index (χ1n) is 6.61. The summed E-state index contributed by atoms with van der Waals surface area (Å²) >= 11 is 0. The van der Waals surface area contributed by atoms with Gasteiger partial charge in [0.05, 0.1) is 19.8 Å². The Morgan fingerprint density at radius 2 is 2.00 bits per heavy atom. The third-order valence-electron chi connectivity index (χ3n) is 2.41. The zero-order valence-electron chi connectivity index (χ0n) is 11.8. The normalized spacial score (nSPS) is 11.4. The van der Waals surface area contributed by atoms with Crippen LogP contribution in [0.3, 0.4) is 0 Å². The largest absolute Gasteiger partial charge is 0.462 e. The molecule has 0 aliphatic rings. The van der Waals surface area contributed by atoms with Gasteiger partial charge in [0.15, 0.2) is 0 Å². The standard InChI is InChI=1S/C14H22N2O4/c1-2-3-11-20-14(19)13(12-15)5-4-6-16(7-9-17)8-10-18/h4-6,17-18H,2-3,7-11H2,1H3/b6-4+,13-5-. The van der Waals surface area contributed by atoms with E-state index in [1.54, 1.807) is 17.2 Å². The zero-order valence-corrected chi connectivity index (χ0v) is 11.8. The van der Waals surface area contributed by atoms with E-state index in [1.165, 1.54) is 12.2 Å². The van der Waals surface area contributed by atoms with Crippen molar-refractivity contribution in [3.05, 3.63) is 23.9 Å². The molecule has 0 heterocycles. The van der Waals surface area contributed by atoms with Gasteiger partial charge < -0.3 is 19.8 Å². The van der Waals surface area contributed by atoms with Crippen LogP contribution in [0.4, 0.5) is 0 Å². The van der Waals surface area contributed by atoms with E-state index >= 15 is 0 Å². The maximum absolute atomic E-state index is 11.5. The van der Waals surface area contributed by atoms with E-state index in [4.69, 9.17) is 20.2 Å². The Morgan fingerprint density at radius 1 is 1.35 bits per heavy atom. The van der Waals surface area contributed by atoms with Gasteiger partial charge in [0.2, 0.25) is 0 Å². The number of unbranched alkanes of at least 4 members (excludes halogenated alkanes) is 1. The van der Waals surface area contributed by atoms with Crippen LogP contribution in [0.1, 0.15) is 19.8 Å². The fraction of sp³-hybridized carbons (Fsp3) is 0.571. The average molecular weight is 282 g/mol. The molecule has 20 heavy (non-hydrogen) atoms. The number of hydrogen-bond donors (Lipinski definition) is 2. The van der Waals surface area contributed by atoms with E-state index in [1.807, 2.05) is 6.92 Å². The molecule has 0 rings (SSSR count). The summed E-state index contributed by atoms with van der Waals surface area (Å²) in [6.07, 6.45) is 6.15. The molecular formula is C14H22N2O4. The number of ether oxygens (including phenoxy) is 1. The molecule has 0 aliphatic carbocycles. The second kappa shape index (κ2) is 12.2. The van der Waals surface area contributed by atoms with E-state index in [0.29, 0.717) is 19.7 Å². The molecule has 0 aromatic carbocycles. The minimum absolute atomic E-state index is 0.0434. The Hall–Kier alpha value is -1.84. The monoisotopic (exact) mass is 282 g/mol. The Morgan fingerprint density at radius 3 is 2.50 bits per heavy atom. The maximum Gasteiger partial charge on any atom is 0.348 e. The quantitative estimate of drug-likeness (QED) is 0.200. The first-order chi connectivity index (χ1) is 9.69. The molecule has 0 saturated carbocycles. The first kappa shape index (κ1) is 18.2. The molecule has 0 atom stereocenters. The van der Waals surface area contributed by atoms with E-state index in [-0.39, 0.29) is 18.8 Å². The molecule has 0 saturated heterocycles. The maximum atomic E-state index is 11.5. The van der Waals surface area contributed by atoms with Crippen molar-refractivity contribution in [3.8, 4) is 6.07 Å². The molecule has 0 fully saturated rings. The molecule has 0 aliphatic heterocycles. The summed E-state index contributed by atoms with van der Waals surface area (Å²) in [7, 11) is 0. The number of nitriles is 1. The van der Waals surface area contributed by atoms with Crippen molar-refractivity contribution >= 4 is 5.97 Å². The van der Waals surface area contributed by atoms with Crippen LogP contribution < -0.4 is 0 Å². The summed E-state index contributed by atoms with van der Waals surface area (Å²) in [5.74, 6) is -0.638. The second-order valence-corrected chi connectivity index (χ2v) is 4.01. The number of aliphatic hydroxyl groups excluding tert-OH is 2. The van der Waals surface area contributed by atoms with Crippen molar-refractivity contribution in [2.75, 3.05) is 32.9 Å². The van der Waals surface area contributed by atoms with Crippen molar-refractivity contribution in [2.45, 2.75) is 19.8 Å². The van der Waals surface area contributed by atoms with Crippen LogP contribution in [-0.2, 0) is 9.53 Å². The van der Waals surface area contributed by atoms with Gasteiger partial charge in [-0.25, -0.2) is 4.79 Å². The van der Waals surface area contributed by atoms with Crippen LogP contribution in [-0.4, -0.2) is 54.0 Å². The van der Waals surface area contributed by atoms with E-state index in [2.05, 4.69) is 0 Å². The Labute approximate surface area is 119 Å². The lowest BCUT2D eigenvalue weighted by atomic mass is 10.2. The van der Waals surface area contributed by atoms with Crippen molar-refractivity contribution < 1.29 is 19.7 Å². The minimum atomic E-state index is -0.638. The summed E-state index contributed by atoms with van der Waals surface area (Å²) in [5.41, 5.74) is -0.0784. The molecule has 6 nitrogen and oxygen atoms in total. The number of aliphatic hydroxyl groups is 2. The van der Waals surface area contributed by atoms with Crippen molar-refractivity contribution in [1.82, 2.24) is 4.90 Å². The van der Waals surface area contributed by atoms with E-state index in [0.717, 1.165) is 12.8 Å². The van der Waals surface area contributed by atoms with Gasteiger partial charge in [-0.15, -0.1) is 0 Å². The van der Waals surface area contributed by atoms with Crippen molar-refractivity contribution in [3.63, 3.8) is 0 Å². The zero-order chi connectivity index (χ0) is 15.2. The molecule has 0 radical (unpaired) electrons. The Balaban J connectivity index is 4.48. The highest BCUT2D eigenvalue weighted by molar-refractivity contribution is 5.93. The van der Waals surface area contributed by atoms with Crippen molar-refractivity contribution in [1.29, 1.82) is 5.26 Å². The van der Waals surface area contributed by atoms with Crippen LogP contribution in [0.5, 0.6) is 0 Å². The van der Waals surface area contributed by atoms with Crippen LogP contribution >= 0.6 is 0 Å². The van der Waals surface area contributed by atoms with Gasteiger partial charge in [-0.1, -0.05) is 13.3 Å². The predicted octanol–water partition coefficient (Wildman–Crippen LogP) is 0.580. The lowest BCUT2D eigenvalue weighted by Crippen LogP contribution is -2.24. The third-order valence-corrected chi connectivity index (χ3v) is 2.41. The molecule has 0 aromatic rings. The van der Waals surface area contributed by atoms with E-state index in [9.17, 15) is 4.79 Å². The smallest absolute Gasteiger partial charge is 0.348 e. The Bertz CT molecular complexity index is 366. The van der Waals surface area contributed by atoms with Gasteiger partial charge in [0.25, 0.3) is 0 Å². The lowest BCUT2D eigenvalue weighted by molar-refractivity contribution is -0.138. The van der Waals surface area contributed by atoms with Gasteiger partial charge in [-0.2, -0.15) is 5.26 Å². The van der Waals surface area contributed by atoms with Crippen LogP contribution in [0.2, 0.25) is 0 Å². The van der Waals surface area contributed by atoms with E-state index < -0.39 is 5.97 Å². The number of nitrogens with zero attached hydrogens (tertiary/aromatic N) is 2. The first-order valence-corrected chi connectivity index (χ1v) is 6.61. The fourth-order valence-electron chi connectivity index (χ4n) is 1.32. The highest BCUT2D eigenvalue weighted by Crippen LogP contribution is 2.00. The third kappa shape index (κ3) is 8.29. The van der Waals surface area contributed by atoms with Crippen LogP contribution in [0.15, 0.2) is 23.9 Å². The molecule has 0 spiro atoms. The molecule has 6 heteroatoms. The minimum Gasteiger partial charge on any atom is -0.462 e. The molecular weight excluding hydrogens is 260 g/mol. The number of esters is 1. The summed E-state index contributed by atoms with van der Waals surface area (Å²) in [4.78, 5) is 13.2. The fourth-order valence-corrected chi connectivity index (χ4v) is 1.32. The number of carbonyl (C=O) groups excluding carboxylic acids is 1. The van der Waals surface area contributed by atoms with Crippen molar-refractivity contribution in [2.24, 2.45) is 0 Å². The number of allylic oxidation sites excluding steroid dienone is 2. The molecule has 0 amide bonds. The van der Waals surface area contributed by atoms with Crippen LogP contribution in [0.25, 0.3) is 0 Å². The number of hydrogen-bond acceptors (Lipinski definition) is 6. The Kier molecular flexibility index (Phi) is 11.1. The topological polar surface area (TPSA) is 93.8 Å². The van der Waals surface area contributed by atoms with Gasteiger partial charge in [-0.05, 0) is 24.8 Å². The molecule has 112 valence electrons. The summed E-state index contributed by atoms with van der Waals surface area (Å²) < 4.78 is 4.93. The lowest BCUT2D eigenvalue weighted by Gasteiger charge is -2.16. The summed E-state index contributed by atoms with van der Waals surface area (Å²) in [6, 6.07) is 1.78. The van der Waals surface area contributed by atoms with Gasteiger partial charge in [-0.3, -0.25) is 0 Å². The number of carbonyl (C=O) groups is 1. The average Bonchev–Trinajstić information content (AvgIpc) is 2.44. The predicted molar refractivity (Wildman–Crippen MR) is 74.4 cm³/mol. The molecule has 0 unspecified atom stereocenters. The van der Waals surface area contributed by atoms with Gasteiger partial charge >= 0.3 is 5.97 Å². The van der Waals surface area contributed by atoms with Gasteiger partial charge in [0, 0.05) is 13.1 Å². The SMILES string of the molecule is CCCCOC(=O)/C(C#N)=C\C=C\N(CCO)CCO. The van der Waals surface area contributed by atoms with Crippen LogP contribution in [0, 0.1) is 11.3 Å².